The van der Waals surface area contributed by atoms with Gasteiger partial charge in [0.2, 0.25) is 0 Å². The maximum atomic E-state index is 10.2. The Balaban J connectivity index is 2.38. The number of fused-ring (bicyclic) bond motifs is 1. The minimum atomic E-state index is 0.347. The summed E-state index contributed by atoms with van der Waals surface area (Å²) in [7, 11) is 0. The fourth-order valence-electron chi connectivity index (χ4n) is 2.66. The summed E-state index contributed by atoms with van der Waals surface area (Å²) in [5.74, 6) is 0.347. The second-order valence-electron chi connectivity index (χ2n) is 4.93. The maximum Gasteiger partial charge on any atom is 0.124 e. The minimum Gasteiger partial charge on any atom is -0.507 e. The SMILES string of the molecule is Cc1ccccc1-c1cc(O)c2ccccc2c1C. The van der Waals surface area contributed by atoms with E-state index in [1.165, 1.54) is 16.7 Å². The van der Waals surface area contributed by atoms with Gasteiger partial charge in [-0.25, -0.2) is 0 Å². The van der Waals surface area contributed by atoms with Crippen LogP contribution in [0.3, 0.4) is 0 Å². The van der Waals surface area contributed by atoms with Gasteiger partial charge in [0.25, 0.3) is 0 Å². The summed E-state index contributed by atoms with van der Waals surface area (Å²) in [6.07, 6.45) is 0. The second kappa shape index (κ2) is 4.43. The zero-order valence-electron chi connectivity index (χ0n) is 11.1. The van der Waals surface area contributed by atoms with Crippen LogP contribution >= 0.6 is 0 Å². The number of benzene rings is 3. The summed E-state index contributed by atoms with van der Waals surface area (Å²) in [4.78, 5) is 0. The third kappa shape index (κ3) is 1.88. The molecule has 3 rings (SSSR count). The van der Waals surface area contributed by atoms with Crippen LogP contribution in [0.4, 0.5) is 0 Å². The summed E-state index contributed by atoms with van der Waals surface area (Å²) < 4.78 is 0. The zero-order chi connectivity index (χ0) is 13.4. The van der Waals surface area contributed by atoms with E-state index in [1.54, 1.807) is 0 Å². The van der Waals surface area contributed by atoms with E-state index in [1.807, 2.05) is 36.4 Å². The largest absolute Gasteiger partial charge is 0.507 e. The molecule has 1 heteroatoms. The summed E-state index contributed by atoms with van der Waals surface area (Å²) in [5.41, 5.74) is 4.72. The molecule has 0 atom stereocenters. The van der Waals surface area contributed by atoms with Crippen LogP contribution in [0.2, 0.25) is 0 Å². The average molecular weight is 248 g/mol. The lowest BCUT2D eigenvalue weighted by molar-refractivity contribution is 0.482. The van der Waals surface area contributed by atoms with Gasteiger partial charge >= 0.3 is 0 Å². The molecule has 3 aromatic rings. The molecule has 0 bridgehead atoms. The van der Waals surface area contributed by atoms with Crippen LogP contribution in [0, 0.1) is 13.8 Å². The molecule has 3 aromatic carbocycles. The first kappa shape index (κ1) is 11.8. The Morgan fingerprint density at radius 3 is 2.11 bits per heavy atom. The first-order valence-electron chi connectivity index (χ1n) is 6.46. The number of aromatic hydroxyl groups is 1. The summed E-state index contributed by atoms with van der Waals surface area (Å²) in [5, 5.41) is 12.3. The number of aryl methyl sites for hydroxylation is 2. The van der Waals surface area contributed by atoms with Crippen molar-refractivity contribution in [2.24, 2.45) is 0 Å². The van der Waals surface area contributed by atoms with Gasteiger partial charge < -0.3 is 5.11 Å². The second-order valence-corrected chi connectivity index (χ2v) is 4.93. The van der Waals surface area contributed by atoms with Crippen molar-refractivity contribution in [2.45, 2.75) is 13.8 Å². The Hall–Kier alpha value is -2.28. The molecule has 0 saturated carbocycles. The lowest BCUT2D eigenvalue weighted by Crippen LogP contribution is -1.89. The number of phenols is 1. The molecule has 0 spiro atoms. The predicted octanol–water partition coefficient (Wildman–Crippen LogP) is 4.83. The molecule has 94 valence electrons. The molecular formula is C18H16O. The number of hydrogen-bond donors (Lipinski definition) is 1. The Morgan fingerprint density at radius 2 is 1.37 bits per heavy atom. The maximum absolute atomic E-state index is 10.2. The Labute approximate surface area is 113 Å². The van der Waals surface area contributed by atoms with E-state index in [0.717, 1.165) is 16.3 Å². The van der Waals surface area contributed by atoms with Gasteiger partial charge in [0.05, 0.1) is 0 Å². The van der Waals surface area contributed by atoms with Gasteiger partial charge in [-0.3, -0.25) is 0 Å². The van der Waals surface area contributed by atoms with Crippen LogP contribution in [-0.2, 0) is 0 Å². The molecule has 0 radical (unpaired) electrons. The highest BCUT2D eigenvalue weighted by molar-refractivity contribution is 5.96. The summed E-state index contributed by atoms with van der Waals surface area (Å²) in [6.45, 7) is 4.21. The van der Waals surface area contributed by atoms with Gasteiger partial charge in [-0.1, -0.05) is 48.5 Å². The highest BCUT2D eigenvalue weighted by Crippen LogP contribution is 2.36. The van der Waals surface area contributed by atoms with Crippen molar-refractivity contribution in [1.29, 1.82) is 0 Å². The Morgan fingerprint density at radius 1 is 0.737 bits per heavy atom. The van der Waals surface area contributed by atoms with Crippen LogP contribution < -0.4 is 0 Å². The van der Waals surface area contributed by atoms with Crippen molar-refractivity contribution in [1.82, 2.24) is 0 Å². The molecule has 0 aromatic heterocycles. The standard InChI is InChI=1S/C18H16O/c1-12-7-3-4-8-14(12)17-11-18(19)16-10-6-5-9-15(16)13(17)2/h3-11,19H,1-2H3. The highest BCUT2D eigenvalue weighted by atomic mass is 16.3. The highest BCUT2D eigenvalue weighted by Gasteiger charge is 2.10. The molecule has 0 amide bonds. The van der Waals surface area contributed by atoms with E-state index in [0.29, 0.717) is 5.75 Å². The van der Waals surface area contributed by atoms with Crippen molar-refractivity contribution in [3.8, 4) is 16.9 Å². The molecule has 1 N–H and O–H groups in total. The first-order chi connectivity index (χ1) is 9.18. The monoisotopic (exact) mass is 248 g/mol. The lowest BCUT2D eigenvalue weighted by atomic mass is 9.92. The third-order valence-electron chi connectivity index (χ3n) is 3.73. The molecule has 0 saturated heterocycles. The fourth-order valence-corrected chi connectivity index (χ4v) is 2.66. The van der Waals surface area contributed by atoms with Crippen LogP contribution in [0.5, 0.6) is 5.75 Å². The van der Waals surface area contributed by atoms with Crippen molar-refractivity contribution in [3.63, 3.8) is 0 Å². The van der Waals surface area contributed by atoms with Crippen molar-refractivity contribution in [3.05, 3.63) is 65.7 Å². The minimum absolute atomic E-state index is 0.347. The first-order valence-corrected chi connectivity index (χ1v) is 6.46. The normalized spacial score (nSPS) is 10.8. The number of rotatable bonds is 1. The molecule has 19 heavy (non-hydrogen) atoms. The lowest BCUT2D eigenvalue weighted by Gasteiger charge is -2.13. The molecule has 0 fully saturated rings. The molecule has 0 heterocycles. The van der Waals surface area contributed by atoms with Gasteiger partial charge in [-0.15, -0.1) is 0 Å². The van der Waals surface area contributed by atoms with Crippen molar-refractivity contribution >= 4 is 10.8 Å². The quantitative estimate of drug-likeness (QED) is 0.654. The number of hydrogen-bond acceptors (Lipinski definition) is 1. The van der Waals surface area contributed by atoms with E-state index >= 15 is 0 Å². The fraction of sp³-hybridized carbons (Fsp3) is 0.111. The Kier molecular flexibility index (Phi) is 2.75. The molecular weight excluding hydrogens is 232 g/mol. The van der Waals surface area contributed by atoms with Crippen LogP contribution in [0.15, 0.2) is 54.6 Å². The summed E-state index contributed by atoms with van der Waals surface area (Å²) >= 11 is 0. The van der Waals surface area contributed by atoms with E-state index in [9.17, 15) is 5.11 Å². The summed E-state index contributed by atoms with van der Waals surface area (Å²) in [6, 6.07) is 18.1. The van der Waals surface area contributed by atoms with Crippen molar-refractivity contribution < 1.29 is 5.11 Å². The predicted molar refractivity (Wildman–Crippen MR) is 80.5 cm³/mol. The smallest absolute Gasteiger partial charge is 0.124 e. The van der Waals surface area contributed by atoms with Crippen LogP contribution in [0.1, 0.15) is 11.1 Å². The van der Waals surface area contributed by atoms with E-state index in [2.05, 4.69) is 32.0 Å². The van der Waals surface area contributed by atoms with E-state index in [4.69, 9.17) is 0 Å². The molecule has 0 unspecified atom stereocenters. The van der Waals surface area contributed by atoms with Gasteiger partial charge in [0.1, 0.15) is 5.75 Å². The van der Waals surface area contributed by atoms with Gasteiger partial charge in [0.15, 0.2) is 0 Å². The van der Waals surface area contributed by atoms with Gasteiger partial charge in [-0.05, 0) is 47.6 Å². The third-order valence-corrected chi connectivity index (χ3v) is 3.73. The zero-order valence-corrected chi connectivity index (χ0v) is 11.1. The van der Waals surface area contributed by atoms with Crippen molar-refractivity contribution in [2.75, 3.05) is 0 Å². The molecule has 0 aliphatic carbocycles. The van der Waals surface area contributed by atoms with Crippen LogP contribution in [-0.4, -0.2) is 5.11 Å². The van der Waals surface area contributed by atoms with E-state index in [-0.39, 0.29) is 0 Å². The van der Waals surface area contributed by atoms with Gasteiger partial charge in [0, 0.05) is 5.39 Å². The average Bonchev–Trinajstić information content (AvgIpc) is 2.44. The van der Waals surface area contributed by atoms with Gasteiger partial charge in [-0.2, -0.15) is 0 Å². The molecule has 1 nitrogen and oxygen atoms in total. The molecule has 0 aliphatic rings. The Bertz CT molecular complexity index is 757. The topological polar surface area (TPSA) is 20.2 Å². The molecule has 0 aliphatic heterocycles. The van der Waals surface area contributed by atoms with Crippen LogP contribution in [0.25, 0.3) is 21.9 Å². The van der Waals surface area contributed by atoms with E-state index < -0.39 is 0 Å². The number of phenolic OH excluding ortho intramolecular Hbond substituents is 1.